The topological polar surface area (TPSA) is 101 Å². The first-order chi connectivity index (χ1) is 14.0. The Morgan fingerprint density at radius 3 is 2.77 bits per heavy atom. The normalized spacial score (nSPS) is 16.8. The maximum Gasteiger partial charge on any atom is 0.217 e. The van der Waals surface area contributed by atoms with Gasteiger partial charge in [-0.15, -0.1) is 24.0 Å². The van der Waals surface area contributed by atoms with Gasteiger partial charge in [-0.3, -0.25) is 4.79 Å². The Balaban J connectivity index is 0.00000320. The van der Waals surface area contributed by atoms with E-state index in [2.05, 4.69) is 27.2 Å². The summed E-state index contributed by atoms with van der Waals surface area (Å²) in [5, 5.41) is 7.84. The second-order valence-corrected chi connectivity index (χ2v) is 7.66. The van der Waals surface area contributed by atoms with E-state index in [1.807, 2.05) is 42.9 Å². The van der Waals surface area contributed by atoms with E-state index in [9.17, 15) is 4.79 Å². The fourth-order valence-electron chi connectivity index (χ4n) is 3.80. The third-order valence-electron chi connectivity index (χ3n) is 5.09. The number of hydrogen-bond acceptors (Lipinski definition) is 4. The number of primary amides is 1. The lowest BCUT2D eigenvalue weighted by Gasteiger charge is -2.34. The lowest BCUT2D eigenvalue weighted by atomic mass is 9.95. The second kappa shape index (κ2) is 11.3. The van der Waals surface area contributed by atoms with E-state index in [4.69, 9.17) is 10.7 Å². The smallest absolute Gasteiger partial charge is 0.217 e. The number of carbonyl (C=O) groups is 1. The summed E-state index contributed by atoms with van der Waals surface area (Å²) in [4.78, 5) is 22.9. The summed E-state index contributed by atoms with van der Waals surface area (Å²) >= 11 is 0. The number of nitrogens with one attached hydrogen (secondary N) is 1. The van der Waals surface area contributed by atoms with Crippen molar-refractivity contribution in [3.8, 4) is 5.82 Å². The fraction of sp³-hybridized carbons (Fsp3) is 0.524. The molecule has 1 fully saturated rings. The van der Waals surface area contributed by atoms with Crippen LogP contribution in [-0.4, -0.2) is 51.2 Å². The molecule has 0 spiro atoms. The lowest BCUT2D eigenvalue weighted by Crippen LogP contribution is -2.47. The molecule has 9 heteroatoms. The molecule has 1 aliphatic heterocycles. The third kappa shape index (κ3) is 6.41. The summed E-state index contributed by atoms with van der Waals surface area (Å²) in [6, 6.07) is 6.05. The van der Waals surface area contributed by atoms with Crippen molar-refractivity contribution >= 4 is 35.8 Å². The number of carbonyl (C=O) groups excluding carboxylic acids is 1. The third-order valence-corrected chi connectivity index (χ3v) is 5.09. The van der Waals surface area contributed by atoms with Crippen molar-refractivity contribution in [3.05, 3.63) is 41.3 Å². The number of likely N-dealkylation sites (tertiary alicyclic amines) is 1. The Labute approximate surface area is 195 Å². The highest BCUT2D eigenvalue weighted by Crippen LogP contribution is 2.19. The van der Waals surface area contributed by atoms with Crippen LogP contribution in [-0.2, 0) is 11.3 Å². The van der Waals surface area contributed by atoms with Crippen LogP contribution in [0.1, 0.15) is 43.1 Å². The number of halogens is 1. The summed E-state index contributed by atoms with van der Waals surface area (Å²) in [5.74, 6) is 1.75. The van der Waals surface area contributed by atoms with Crippen LogP contribution in [0.4, 0.5) is 0 Å². The van der Waals surface area contributed by atoms with Gasteiger partial charge < -0.3 is 16.0 Å². The zero-order valence-electron chi connectivity index (χ0n) is 18.0. The maximum atomic E-state index is 11.3. The summed E-state index contributed by atoms with van der Waals surface area (Å²) in [7, 11) is 0. The van der Waals surface area contributed by atoms with E-state index in [0.717, 1.165) is 61.2 Å². The summed E-state index contributed by atoms with van der Waals surface area (Å²) in [6.45, 7) is 9.15. The van der Waals surface area contributed by atoms with E-state index in [1.54, 1.807) is 0 Å². The molecule has 30 heavy (non-hydrogen) atoms. The Kier molecular flexibility index (Phi) is 9.07. The molecule has 3 heterocycles. The first-order valence-corrected chi connectivity index (χ1v) is 10.3. The summed E-state index contributed by atoms with van der Waals surface area (Å²) in [6.07, 6.45) is 4.37. The van der Waals surface area contributed by atoms with Crippen LogP contribution in [0.3, 0.4) is 0 Å². The molecular formula is C21H32IN7O. The van der Waals surface area contributed by atoms with E-state index in [0.29, 0.717) is 18.9 Å². The van der Waals surface area contributed by atoms with Gasteiger partial charge in [0, 0.05) is 37.9 Å². The largest absolute Gasteiger partial charge is 0.370 e. The number of aryl methyl sites for hydroxylation is 2. The number of piperidine rings is 1. The van der Waals surface area contributed by atoms with Crippen LogP contribution in [0.15, 0.2) is 29.4 Å². The van der Waals surface area contributed by atoms with Crippen LogP contribution in [0.2, 0.25) is 0 Å². The van der Waals surface area contributed by atoms with Crippen molar-refractivity contribution in [2.24, 2.45) is 16.6 Å². The first-order valence-electron chi connectivity index (χ1n) is 10.3. The molecule has 1 saturated heterocycles. The molecule has 0 bridgehead atoms. The van der Waals surface area contributed by atoms with Gasteiger partial charge >= 0.3 is 0 Å². The van der Waals surface area contributed by atoms with E-state index in [1.165, 1.54) is 0 Å². The first kappa shape index (κ1) is 24.1. The molecule has 2 aromatic heterocycles. The Morgan fingerprint density at radius 1 is 1.37 bits per heavy atom. The van der Waals surface area contributed by atoms with Crippen molar-refractivity contribution in [1.82, 2.24) is 25.0 Å². The zero-order chi connectivity index (χ0) is 20.8. The molecule has 164 valence electrons. The number of nitrogens with zero attached hydrogens (tertiary/aromatic N) is 5. The summed E-state index contributed by atoms with van der Waals surface area (Å²) in [5.41, 5.74) is 8.46. The summed E-state index contributed by atoms with van der Waals surface area (Å²) < 4.78 is 1.85. The highest BCUT2D eigenvalue weighted by Gasteiger charge is 2.23. The van der Waals surface area contributed by atoms with Crippen molar-refractivity contribution in [3.63, 3.8) is 0 Å². The van der Waals surface area contributed by atoms with E-state index < -0.39 is 0 Å². The Hall–Kier alpha value is -2.17. The predicted octanol–water partition coefficient (Wildman–Crippen LogP) is 2.56. The number of amides is 1. The van der Waals surface area contributed by atoms with Gasteiger partial charge in [-0.05, 0) is 57.2 Å². The Bertz CT molecular complexity index is 863. The van der Waals surface area contributed by atoms with Gasteiger partial charge in [-0.1, -0.05) is 6.07 Å². The highest BCUT2D eigenvalue weighted by atomic mass is 127. The second-order valence-electron chi connectivity index (χ2n) is 7.66. The molecule has 1 unspecified atom stereocenters. The molecule has 0 aliphatic carbocycles. The number of rotatable bonds is 6. The monoisotopic (exact) mass is 525 g/mol. The van der Waals surface area contributed by atoms with Crippen LogP contribution in [0.5, 0.6) is 0 Å². The maximum absolute atomic E-state index is 11.3. The molecule has 0 saturated carbocycles. The van der Waals surface area contributed by atoms with Crippen LogP contribution in [0, 0.1) is 19.8 Å². The van der Waals surface area contributed by atoms with Gasteiger partial charge in [-0.2, -0.15) is 5.10 Å². The molecule has 0 radical (unpaired) electrons. The van der Waals surface area contributed by atoms with Gasteiger partial charge in [0.1, 0.15) is 0 Å². The minimum absolute atomic E-state index is 0. The SMILES string of the molecule is CCNC(=NCc1ccc(-n2nc(C)cc2C)nc1)N1CCCC(CC(N)=O)C1.I. The van der Waals surface area contributed by atoms with Crippen molar-refractivity contribution < 1.29 is 4.79 Å². The van der Waals surface area contributed by atoms with Crippen molar-refractivity contribution in [2.75, 3.05) is 19.6 Å². The number of aromatic nitrogens is 3. The number of nitrogens with two attached hydrogens (primary N) is 1. The number of aliphatic imine (C=N–C) groups is 1. The molecule has 1 aliphatic rings. The number of pyridine rings is 1. The minimum Gasteiger partial charge on any atom is -0.370 e. The van der Waals surface area contributed by atoms with Gasteiger partial charge in [0.15, 0.2) is 11.8 Å². The molecule has 3 rings (SSSR count). The number of guanidine groups is 1. The van der Waals surface area contributed by atoms with Gasteiger partial charge in [-0.25, -0.2) is 14.7 Å². The number of hydrogen-bond donors (Lipinski definition) is 2. The van der Waals surface area contributed by atoms with Gasteiger partial charge in [0.25, 0.3) is 0 Å². The van der Waals surface area contributed by atoms with Crippen LogP contribution < -0.4 is 11.1 Å². The molecule has 3 N–H and O–H groups in total. The van der Waals surface area contributed by atoms with E-state index in [-0.39, 0.29) is 29.9 Å². The van der Waals surface area contributed by atoms with Gasteiger partial charge in [0.05, 0.1) is 12.2 Å². The van der Waals surface area contributed by atoms with Crippen LogP contribution in [0.25, 0.3) is 5.82 Å². The molecule has 1 atom stereocenters. The molecule has 2 aromatic rings. The van der Waals surface area contributed by atoms with Crippen LogP contribution >= 0.6 is 24.0 Å². The molecule has 8 nitrogen and oxygen atoms in total. The Morgan fingerprint density at radius 2 is 2.17 bits per heavy atom. The fourth-order valence-corrected chi connectivity index (χ4v) is 3.80. The van der Waals surface area contributed by atoms with E-state index >= 15 is 0 Å². The van der Waals surface area contributed by atoms with Gasteiger partial charge in [0.2, 0.25) is 5.91 Å². The predicted molar refractivity (Wildman–Crippen MR) is 129 cm³/mol. The average Bonchev–Trinajstić information content (AvgIpc) is 3.03. The zero-order valence-corrected chi connectivity index (χ0v) is 20.3. The molecule has 1 amide bonds. The highest BCUT2D eigenvalue weighted by molar-refractivity contribution is 14.0. The quantitative estimate of drug-likeness (QED) is 0.343. The minimum atomic E-state index is -0.229. The average molecular weight is 525 g/mol. The standard InChI is InChI=1S/C21H31N7O.HI/c1-4-23-21(27-9-5-6-17(14-27)11-19(22)29)25-13-18-7-8-20(24-12-18)28-16(3)10-15(2)26-28;/h7-8,10,12,17H,4-6,9,11,13-14H2,1-3H3,(H2,22,29)(H,23,25);1H. The lowest BCUT2D eigenvalue weighted by molar-refractivity contribution is -0.119. The van der Waals surface area contributed by atoms with Crippen molar-refractivity contribution in [1.29, 1.82) is 0 Å². The molecular weight excluding hydrogens is 493 g/mol. The molecule has 0 aromatic carbocycles. The van der Waals surface area contributed by atoms with Crippen molar-refractivity contribution in [2.45, 2.75) is 46.6 Å².